The quantitative estimate of drug-likeness (QED) is 0.914. The van der Waals surface area contributed by atoms with Crippen LogP contribution in [0, 0.1) is 18.3 Å². The second-order valence-corrected chi connectivity index (χ2v) is 5.26. The molecule has 0 radical (unpaired) electrons. The normalized spacial score (nSPS) is 9.95. The maximum Gasteiger partial charge on any atom is 0.100 e. The zero-order chi connectivity index (χ0) is 13.7. The zero-order valence-corrected chi connectivity index (χ0v) is 12.4. The summed E-state index contributed by atoms with van der Waals surface area (Å²) in [6.07, 6.45) is 0.990. The van der Waals surface area contributed by atoms with Crippen molar-refractivity contribution in [2.24, 2.45) is 0 Å². The van der Waals surface area contributed by atoms with E-state index in [2.05, 4.69) is 58.5 Å². The molecular weight excluding hydrogens is 300 g/mol. The Bertz CT molecular complexity index is 614. The van der Waals surface area contributed by atoms with E-state index in [0.717, 1.165) is 23.1 Å². The first-order valence-electron chi connectivity index (χ1n) is 6.19. The molecular formula is C16H15BrN2. The van der Waals surface area contributed by atoms with Gasteiger partial charge in [-0.05, 0) is 58.6 Å². The molecule has 0 spiro atoms. The van der Waals surface area contributed by atoms with Crippen molar-refractivity contribution < 1.29 is 0 Å². The average molecular weight is 315 g/mol. The second kappa shape index (κ2) is 6.40. The van der Waals surface area contributed by atoms with Crippen LogP contribution in [0.25, 0.3) is 0 Å². The predicted molar refractivity (Wildman–Crippen MR) is 82.2 cm³/mol. The Kier molecular flexibility index (Phi) is 4.59. The van der Waals surface area contributed by atoms with Gasteiger partial charge in [0.1, 0.15) is 6.07 Å². The molecule has 2 aromatic carbocycles. The van der Waals surface area contributed by atoms with Crippen molar-refractivity contribution in [3.8, 4) is 6.07 Å². The van der Waals surface area contributed by atoms with Crippen LogP contribution < -0.4 is 5.32 Å². The van der Waals surface area contributed by atoms with E-state index in [-0.39, 0.29) is 0 Å². The van der Waals surface area contributed by atoms with Crippen molar-refractivity contribution in [3.05, 3.63) is 63.6 Å². The Morgan fingerprint density at radius 2 is 2.00 bits per heavy atom. The number of nitriles is 1. The van der Waals surface area contributed by atoms with E-state index in [9.17, 15) is 0 Å². The van der Waals surface area contributed by atoms with E-state index < -0.39 is 0 Å². The van der Waals surface area contributed by atoms with Crippen LogP contribution in [0.15, 0.2) is 46.9 Å². The molecule has 2 aromatic rings. The van der Waals surface area contributed by atoms with Crippen molar-refractivity contribution in [3.63, 3.8) is 0 Å². The largest absolute Gasteiger partial charge is 0.385 e. The third-order valence-corrected chi connectivity index (χ3v) is 3.73. The molecule has 3 heteroatoms. The summed E-state index contributed by atoms with van der Waals surface area (Å²) in [5, 5.41) is 12.2. The Balaban J connectivity index is 1.95. The van der Waals surface area contributed by atoms with Gasteiger partial charge in [0, 0.05) is 16.7 Å². The van der Waals surface area contributed by atoms with Gasteiger partial charge in [-0.3, -0.25) is 0 Å². The predicted octanol–water partition coefficient (Wildman–Crippen LogP) is 4.28. The maximum atomic E-state index is 8.86. The lowest BCUT2D eigenvalue weighted by Gasteiger charge is -2.09. The number of benzene rings is 2. The van der Waals surface area contributed by atoms with Crippen molar-refractivity contribution in [2.45, 2.75) is 13.3 Å². The number of hydrogen-bond acceptors (Lipinski definition) is 2. The lowest BCUT2D eigenvalue weighted by Crippen LogP contribution is -2.05. The number of hydrogen-bond donors (Lipinski definition) is 1. The minimum absolute atomic E-state index is 0.657. The third-order valence-electron chi connectivity index (χ3n) is 3.07. The molecule has 0 bridgehead atoms. The molecule has 0 atom stereocenters. The average Bonchev–Trinajstić information content (AvgIpc) is 2.41. The Hall–Kier alpha value is -1.79. The molecule has 0 fully saturated rings. The number of nitrogens with one attached hydrogen (secondary N) is 1. The van der Waals surface area contributed by atoms with Crippen LogP contribution in [0.3, 0.4) is 0 Å². The number of aryl methyl sites for hydroxylation is 1. The van der Waals surface area contributed by atoms with E-state index in [1.165, 1.54) is 11.1 Å². The molecule has 0 saturated carbocycles. The molecule has 2 rings (SSSR count). The fraction of sp³-hybridized carbons (Fsp3) is 0.188. The molecule has 0 amide bonds. The van der Waals surface area contributed by atoms with Crippen LogP contribution in [0.4, 0.5) is 5.69 Å². The summed E-state index contributed by atoms with van der Waals surface area (Å²) in [5.41, 5.74) is 4.37. The van der Waals surface area contributed by atoms with Gasteiger partial charge in [-0.25, -0.2) is 0 Å². The van der Waals surface area contributed by atoms with Crippen molar-refractivity contribution in [1.82, 2.24) is 0 Å². The van der Waals surface area contributed by atoms with Crippen LogP contribution in [0.2, 0.25) is 0 Å². The zero-order valence-electron chi connectivity index (χ0n) is 10.8. The lowest BCUT2D eigenvalue weighted by molar-refractivity contribution is 1.00. The van der Waals surface area contributed by atoms with E-state index in [0.29, 0.717) is 5.56 Å². The molecule has 0 aliphatic rings. The molecule has 96 valence electrons. The molecule has 0 saturated heterocycles. The van der Waals surface area contributed by atoms with Gasteiger partial charge in [0.25, 0.3) is 0 Å². The third kappa shape index (κ3) is 3.59. The van der Waals surface area contributed by atoms with Gasteiger partial charge >= 0.3 is 0 Å². The van der Waals surface area contributed by atoms with Gasteiger partial charge in [-0.1, -0.05) is 24.3 Å². The molecule has 1 N–H and O–H groups in total. The van der Waals surface area contributed by atoms with Gasteiger partial charge in [0.2, 0.25) is 0 Å². The smallest absolute Gasteiger partial charge is 0.100 e. The van der Waals surface area contributed by atoms with Crippen LogP contribution in [-0.4, -0.2) is 6.54 Å². The number of anilines is 1. The molecule has 0 aliphatic carbocycles. The number of rotatable bonds is 4. The minimum Gasteiger partial charge on any atom is -0.385 e. The minimum atomic E-state index is 0.657. The standard InChI is InChI=1S/C16H15BrN2/c1-12-4-2-3-5-13(12)8-9-19-15-7-6-14(11-18)16(17)10-15/h2-7,10,19H,8-9H2,1H3. The molecule has 0 aromatic heterocycles. The molecule has 2 nitrogen and oxygen atoms in total. The monoisotopic (exact) mass is 314 g/mol. The van der Waals surface area contributed by atoms with Gasteiger partial charge in [-0.15, -0.1) is 0 Å². The van der Waals surface area contributed by atoms with Gasteiger partial charge in [0.15, 0.2) is 0 Å². The van der Waals surface area contributed by atoms with Gasteiger partial charge in [0.05, 0.1) is 5.56 Å². The summed E-state index contributed by atoms with van der Waals surface area (Å²) < 4.78 is 0.830. The van der Waals surface area contributed by atoms with Crippen molar-refractivity contribution in [1.29, 1.82) is 5.26 Å². The highest BCUT2D eigenvalue weighted by molar-refractivity contribution is 9.10. The highest BCUT2D eigenvalue weighted by atomic mass is 79.9. The van der Waals surface area contributed by atoms with Crippen molar-refractivity contribution in [2.75, 3.05) is 11.9 Å². The van der Waals surface area contributed by atoms with Crippen LogP contribution in [0.1, 0.15) is 16.7 Å². The second-order valence-electron chi connectivity index (χ2n) is 4.41. The van der Waals surface area contributed by atoms with Crippen LogP contribution in [0.5, 0.6) is 0 Å². The summed E-state index contributed by atoms with van der Waals surface area (Å²) in [7, 11) is 0. The number of nitrogens with zero attached hydrogens (tertiary/aromatic N) is 1. The van der Waals surface area contributed by atoms with E-state index in [1.807, 2.05) is 18.2 Å². The fourth-order valence-corrected chi connectivity index (χ4v) is 2.42. The molecule has 19 heavy (non-hydrogen) atoms. The summed E-state index contributed by atoms with van der Waals surface area (Å²) >= 11 is 3.39. The van der Waals surface area contributed by atoms with Gasteiger partial charge in [-0.2, -0.15) is 5.26 Å². The summed E-state index contributed by atoms with van der Waals surface area (Å²) in [4.78, 5) is 0. The van der Waals surface area contributed by atoms with Crippen LogP contribution in [-0.2, 0) is 6.42 Å². The van der Waals surface area contributed by atoms with Crippen LogP contribution >= 0.6 is 15.9 Å². The lowest BCUT2D eigenvalue weighted by atomic mass is 10.1. The molecule has 0 heterocycles. The summed E-state index contributed by atoms with van der Waals surface area (Å²) in [6, 6.07) is 16.3. The first-order valence-corrected chi connectivity index (χ1v) is 6.98. The highest BCUT2D eigenvalue weighted by Gasteiger charge is 2.01. The summed E-state index contributed by atoms with van der Waals surface area (Å²) in [5.74, 6) is 0. The molecule has 0 unspecified atom stereocenters. The van der Waals surface area contributed by atoms with Gasteiger partial charge < -0.3 is 5.32 Å². The van der Waals surface area contributed by atoms with E-state index in [1.54, 1.807) is 0 Å². The van der Waals surface area contributed by atoms with E-state index >= 15 is 0 Å². The topological polar surface area (TPSA) is 35.8 Å². The highest BCUT2D eigenvalue weighted by Crippen LogP contribution is 2.20. The Labute approximate surface area is 122 Å². The number of halogens is 1. The SMILES string of the molecule is Cc1ccccc1CCNc1ccc(C#N)c(Br)c1. The summed E-state index contributed by atoms with van der Waals surface area (Å²) in [6.45, 7) is 3.01. The van der Waals surface area contributed by atoms with E-state index in [4.69, 9.17) is 5.26 Å². The maximum absolute atomic E-state index is 8.86. The Morgan fingerprint density at radius 3 is 2.68 bits per heavy atom. The van der Waals surface area contributed by atoms with Crippen molar-refractivity contribution >= 4 is 21.6 Å². The fourth-order valence-electron chi connectivity index (χ4n) is 1.95. The Morgan fingerprint density at radius 1 is 1.21 bits per heavy atom. The first kappa shape index (κ1) is 13.6. The first-order chi connectivity index (χ1) is 9.20. The molecule has 0 aliphatic heterocycles.